The maximum Gasteiger partial charge on any atom is 0.270 e. The van der Waals surface area contributed by atoms with E-state index >= 15 is 0 Å². The molecule has 6 nitrogen and oxygen atoms in total. The van der Waals surface area contributed by atoms with Gasteiger partial charge >= 0.3 is 0 Å². The summed E-state index contributed by atoms with van der Waals surface area (Å²) in [5.74, 6) is 0.0952. The molecule has 2 heterocycles. The van der Waals surface area contributed by atoms with Crippen molar-refractivity contribution in [1.82, 2.24) is 15.0 Å². The van der Waals surface area contributed by atoms with Crippen LogP contribution in [0.3, 0.4) is 0 Å². The van der Waals surface area contributed by atoms with Gasteiger partial charge in [0.05, 0.1) is 22.6 Å². The number of nitrogens with one attached hydrogen (secondary N) is 2. The second-order valence-corrected chi connectivity index (χ2v) is 5.98. The van der Waals surface area contributed by atoms with Gasteiger partial charge < -0.3 is 10.3 Å². The maximum atomic E-state index is 12.0. The molecule has 0 saturated carbocycles. The molecule has 1 amide bonds. The zero-order valence-electron chi connectivity index (χ0n) is 12.0. The van der Waals surface area contributed by atoms with Crippen molar-refractivity contribution in [3.8, 4) is 0 Å². The summed E-state index contributed by atoms with van der Waals surface area (Å²) in [6, 6.07) is 7.28. The molecule has 2 aromatic heterocycles. The van der Waals surface area contributed by atoms with Crippen LogP contribution >= 0.6 is 22.9 Å². The van der Waals surface area contributed by atoms with Crippen molar-refractivity contribution >= 4 is 45.0 Å². The smallest absolute Gasteiger partial charge is 0.270 e. The Kier molecular flexibility index (Phi) is 4.68. The number of alkyl halides is 1. The van der Waals surface area contributed by atoms with Gasteiger partial charge in [0, 0.05) is 18.2 Å². The molecule has 0 aliphatic carbocycles. The van der Waals surface area contributed by atoms with E-state index < -0.39 is 0 Å². The number of carbonyl (C=O) groups is 1. The minimum Gasteiger partial charge on any atom is -0.319 e. The number of para-hydroxylation sites is 2. The van der Waals surface area contributed by atoms with E-state index in [-0.39, 0.29) is 24.3 Å². The van der Waals surface area contributed by atoms with E-state index in [9.17, 15) is 9.59 Å². The van der Waals surface area contributed by atoms with Crippen LogP contribution in [0.25, 0.3) is 11.0 Å². The molecule has 0 fully saturated rings. The number of carbonyl (C=O) groups excluding carboxylic acids is 1. The number of halogens is 1. The lowest BCUT2D eigenvalue weighted by molar-refractivity contribution is -0.116. The Bertz CT molecular complexity index is 906. The van der Waals surface area contributed by atoms with Gasteiger partial charge in [-0.25, -0.2) is 9.97 Å². The second-order valence-electron chi connectivity index (χ2n) is 4.86. The molecule has 3 rings (SSSR count). The van der Waals surface area contributed by atoms with Crippen LogP contribution < -0.4 is 10.9 Å². The van der Waals surface area contributed by atoms with E-state index in [1.807, 2.05) is 18.2 Å². The van der Waals surface area contributed by atoms with Gasteiger partial charge in [0.25, 0.3) is 5.56 Å². The Morgan fingerprint density at radius 1 is 1.30 bits per heavy atom. The Morgan fingerprint density at radius 2 is 2.13 bits per heavy atom. The Hall–Kier alpha value is -2.25. The number of aryl methyl sites for hydroxylation is 1. The highest BCUT2D eigenvalue weighted by Gasteiger charge is 2.10. The number of aromatic amines is 1. The first-order chi connectivity index (χ1) is 11.2. The van der Waals surface area contributed by atoms with Crippen molar-refractivity contribution in [3.63, 3.8) is 0 Å². The standard InChI is InChI=1S/C15H13ClN4O2S/c16-7-9-8-23-15(17-9)20-13(21)6-5-12-14(22)19-11-4-2-1-3-10(11)18-12/h1-4,8H,5-7H2,(H,19,22)(H,17,20,21). The first kappa shape index (κ1) is 15.6. The summed E-state index contributed by atoms with van der Waals surface area (Å²) in [6.07, 6.45) is 0.421. The van der Waals surface area contributed by atoms with E-state index in [0.717, 1.165) is 5.69 Å². The SMILES string of the molecule is O=C(CCc1nc2ccccc2[nH]c1=O)Nc1nc(CCl)cs1. The molecule has 1 aromatic carbocycles. The van der Waals surface area contributed by atoms with E-state index in [0.29, 0.717) is 27.7 Å². The summed E-state index contributed by atoms with van der Waals surface area (Å²) in [4.78, 5) is 35.2. The van der Waals surface area contributed by atoms with E-state index in [1.165, 1.54) is 11.3 Å². The van der Waals surface area contributed by atoms with E-state index in [2.05, 4.69) is 20.3 Å². The average Bonchev–Trinajstić information content (AvgIpc) is 3.00. The lowest BCUT2D eigenvalue weighted by Gasteiger charge is -2.03. The van der Waals surface area contributed by atoms with Gasteiger partial charge in [0.2, 0.25) is 5.91 Å². The number of H-pyrrole nitrogens is 1. The number of amides is 1. The average molecular weight is 349 g/mol. The molecule has 0 aliphatic heterocycles. The molecule has 8 heteroatoms. The van der Waals surface area contributed by atoms with Crippen LogP contribution in [0.2, 0.25) is 0 Å². The van der Waals surface area contributed by atoms with Gasteiger partial charge in [-0.3, -0.25) is 9.59 Å². The first-order valence-electron chi connectivity index (χ1n) is 6.94. The second kappa shape index (κ2) is 6.89. The number of rotatable bonds is 5. The van der Waals surface area contributed by atoms with Crippen molar-refractivity contribution in [1.29, 1.82) is 0 Å². The van der Waals surface area contributed by atoms with Crippen molar-refractivity contribution in [2.45, 2.75) is 18.7 Å². The van der Waals surface area contributed by atoms with Crippen LogP contribution in [0.1, 0.15) is 17.8 Å². The zero-order chi connectivity index (χ0) is 16.2. The third-order valence-corrected chi connectivity index (χ3v) is 4.27. The zero-order valence-corrected chi connectivity index (χ0v) is 13.6. The number of benzene rings is 1. The highest BCUT2D eigenvalue weighted by Crippen LogP contribution is 2.17. The number of hydrogen-bond acceptors (Lipinski definition) is 5. The molecule has 118 valence electrons. The van der Waals surface area contributed by atoms with Crippen LogP contribution in [0.15, 0.2) is 34.4 Å². The van der Waals surface area contributed by atoms with Crippen LogP contribution in [0.5, 0.6) is 0 Å². The quantitative estimate of drug-likeness (QED) is 0.694. The summed E-state index contributed by atoms with van der Waals surface area (Å²) in [5.41, 5.74) is 2.19. The van der Waals surface area contributed by atoms with Crippen LogP contribution in [0, 0.1) is 0 Å². The molecule has 0 saturated heterocycles. The summed E-state index contributed by atoms with van der Waals surface area (Å²) in [5, 5.41) is 4.99. The predicted molar refractivity (Wildman–Crippen MR) is 91.0 cm³/mol. The Balaban J connectivity index is 1.66. The minimum absolute atomic E-state index is 0.157. The highest BCUT2D eigenvalue weighted by atomic mass is 35.5. The molecule has 0 radical (unpaired) electrons. The van der Waals surface area contributed by atoms with Crippen LogP contribution in [0.4, 0.5) is 5.13 Å². The molecule has 0 spiro atoms. The van der Waals surface area contributed by atoms with Gasteiger partial charge in [0.15, 0.2) is 5.13 Å². The predicted octanol–water partition coefficient (Wildman–Crippen LogP) is 2.69. The molecule has 23 heavy (non-hydrogen) atoms. The maximum absolute atomic E-state index is 12.0. The summed E-state index contributed by atoms with van der Waals surface area (Å²) >= 11 is 6.99. The molecule has 0 atom stereocenters. The number of anilines is 1. The number of fused-ring (bicyclic) bond motifs is 1. The molecule has 0 aliphatic rings. The molecule has 3 aromatic rings. The monoisotopic (exact) mass is 348 g/mol. The highest BCUT2D eigenvalue weighted by molar-refractivity contribution is 7.13. The fourth-order valence-corrected chi connectivity index (χ4v) is 3.03. The Morgan fingerprint density at radius 3 is 2.91 bits per heavy atom. The number of thiazole rings is 1. The van der Waals surface area contributed by atoms with Gasteiger partial charge in [-0.15, -0.1) is 22.9 Å². The van der Waals surface area contributed by atoms with E-state index in [1.54, 1.807) is 11.4 Å². The molecule has 0 bridgehead atoms. The number of hydrogen-bond donors (Lipinski definition) is 2. The third kappa shape index (κ3) is 3.75. The molecular formula is C15H13ClN4O2S. The van der Waals surface area contributed by atoms with Crippen LogP contribution in [-0.2, 0) is 17.1 Å². The fraction of sp³-hybridized carbons (Fsp3) is 0.200. The summed E-state index contributed by atoms with van der Waals surface area (Å²) in [7, 11) is 0. The summed E-state index contributed by atoms with van der Waals surface area (Å²) in [6.45, 7) is 0. The van der Waals surface area contributed by atoms with Crippen molar-refractivity contribution in [3.05, 3.63) is 51.4 Å². The van der Waals surface area contributed by atoms with E-state index in [4.69, 9.17) is 11.6 Å². The fourth-order valence-electron chi connectivity index (χ4n) is 2.08. The lowest BCUT2D eigenvalue weighted by atomic mass is 10.2. The minimum atomic E-state index is -0.268. The van der Waals surface area contributed by atoms with Gasteiger partial charge in [-0.05, 0) is 12.1 Å². The molecule has 0 unspecified atom stereocenters. The van der Waals surface area contributed by atoms with Crippen LogP contribution in [-0.4, -0.2) is 20.9 Å². The first-order valence-corrected chi connectivity index (χ1v) is 8.35. The third-order valence-electron chi connectivity index (χ3n) is 3.19. The Labute approximate surface area is 140 Å². The van der Waals surface area contributed by atoms with Gasteiger partial charge in [-0.1, -0.05) is 12.1 Å². The van der Waals surface area contributed by atoms with Crippen molar-refractivity contribution in [2.75, 3.05) is 5.32 Å². The number of nitrogens with zero attached hydrogens (tertiary/aromatic N) is 2. The molecular weight excluding hydrogens is 336 g/mol. The topological polar surface area (TPSA) is 87.7 Å². The summed E-state index contributed by atoms with van der Waals surface area (Å²) < 4.78 is 0. The van der Waals surface area contributed by atoms with Crippen molar-refractivity contribution in [2.24, 2.45) is 0 Å². The van der Waals surface area contributed by atoms with Gasteiger partial charge in [0.1, 0.15) is 5.69 Å². The number of aromatic nitrogens is 3. The molecule has 2 N–H and O–H groups in total. The lowest BCUT2D eigenvalue weighted by Crippen LogP contribution is -2.18. The van der Waals surface area contributed by atoms with Crippen molar-refractivity contribution < 1.29 is 4.79 Å². The van der Waals surface area contributed by atoms with Gasteiger partial charge in [-0.2, -0.15) is 0 Å². The normalized spacial score (nSPS) is 10.8. The largest absolute Gasteiger partial charge is 0.319 e.